The Morgan fingerprint density at radius 1 is 1.32 bits per heavy atom. The molecule has 0 aliphatic heterocycles. The van der Waals surface area contributed by atoms with Gasteiger partial charge in [-0.05, 0) is 31.9 Å². The molecule has 1 aromatic rings. The zero-order valence-electron chi connectivity index (χ0n) is 15.4. The van der Waals surface area contributed by atoms with E-state index in [0.717, 1.165) is 37.9 Å². The molecule has 154 valence electrons. The number of primary amides is 1. The molecule has 0 aromatic carbocycles. The van der Waals surface area contributed by atoms with Crippen LogP contribution < -0.4 is 16.4 Å². The lowest BCUT2D eigenvalue weighted by Crippen LogP contribution is -2.40. The van der Waals surface area contributed by atoms with Gasteiger partial charge in [-0.15, -0.1) is 0 Å². The van der Waals surface area contributed by atoms with Gasteiger partial charge in [-0.25, -0.2) is 0 Å². The number of halogens is 3. The topological polar surface area (TPSA) is 124 Å². The molecule has 1 unspecified atom stereocenters. The van der Waals surface area contributed by atoms with Gasteiger partial charge >= 0.3 is 6.18 Å². The lowest BCUT2D eigenvalue weighted by Gasteiger charge is -2.25. The van der Waals surface area contributed by atoms with E-state index in [1.165, 1.54) is 18.7 Å². The summed E-state index contributed by atoms with van der Waals surface area (Å²) in [6.07, 6.45) is 2.84. The van der Waals surface area contributed by atoms with Crippen molar-refractivity contribution < 1.29 is 23.1 Å². The van der Waals surface area contributed by atoms with Gasteiger partial charge in [0, 0.05) is 12.2 Å². The van der Waals surface area contributed by atoms with Gasteiger partial charge < -0.3 is 21.5 Å². The predicted octanol–water partition coefficient (Wildman–Crippen LogP) is 2.53. The molecule has 0 saturated heterocycles. The summed E-state index contributed by atoms with van der Waals surface area (Å²) >= 11 is 0. The number of amides is 1. The highest BCUT2D eigenvalue weighted by Crippen LogP contribution is 2.37. The number of nitrogens with zero attached hydrogens (tertiary/aromatic N) is 1. The van der Waals surface area contributed by atoms with Crippen LogP contribution in [0, 0.1) is 5.41 Å². The Morgan fingerprint density at radius 3 is 2.46 bits per heavy atom. The van der Waals surface area contributed by atoms with Crippen LogP contribution in [-0.4, -0.2) is 34.1 Å². The van der Waals surface area contributed by atoms with Crippen LogP contribution in [-0.2, 0) is 10.4 Å². The minimum absolute atomic E-state index is 0.0862. The number of nitrogens with two attached hydrogens (primary N) is 1. The average molecular weight is 399 g/mol. The molecule has 0 spiro atoms. The van der Waals surface area contributed by atoms with Gasteiger partial charge in [0.25, 0.3) is 5.91 Å². The highest BCUT2D eigenvalue weighted by Gasteiger charge is 2.52. The summed E-state index contributed by atoms with van der Waals surface area (Å²) in [7, 11) is 0. The first-order valence-corrected chi connectivity index (χ1v) is 8.90. The van der Waals surface area contributed by atoms with E-state index in [1.807, 2.05) is 0 Å². The molecule has 1 aliphatic carbocycles. The van der Waals surface area contributed by atoms with E-state index in [9.17, 15) is 23.1 Å². The van der Waals surface area contributed by atoms with Crippen molar-refractivity contribution >= 4 is 17.4 Å². The number of rotatable bonds is 6. The molecule has 1 atom stereocenters. The minimum Gasteiger partial charge on any atom is -0.387 e. The number of alkyl halides is 3. The number of nitrogens with one attached hydrogen (secondary N) is 3. The number of pyridine rings is 1. The Balaban J connectivity index is 2.08. The lowest BCUT2D eigenvalue weighted by molar-refractivity contribution is -0.260. The van der Waals surface area contributed by atoms with Crippen molar-refractivity contribution in [3.05, 3.63) is 35.8 Å². The Labute approximate surface area is 160 Å². The van der Waals surface area contributed by atoms with Crippen LogP contribution in [0.1, 0.15) is 44.7 Å². The van der Waals surface area contributed by atoms with Crippen molar-refractivity contribution in [3.8, 4) is 0 Å². The van der Waals surface area contributed by atoms with Crippen LogP contribution in [0.25, 0.3) is 0 Å². The van der Waals surface area contributed by atoms with E-state index >= 15 is 0 Å². The summed E-state index contributed by atoms with van der Waals surface area (Å²) in [6.45, 7) is 0.606. The third-order valence-electron chi connectivity index (χ3n) is 4.69. The maximum absolute atomic E-state index is 12.9. The second-order valence-electron chi connectivity index (χ2n) is 6.93. The normalized spacial score (nSPS) is 18.2. The van der Waals surface area contributed by atoms with Crippen molar-refractivity contribution in [2.24, 2.45) is 5.73 Å². The zero-order valence-corrected chi connectivity index (χ0v) is 15.4. The van der Waals surface area contributed by atoms with Crippen LogP contribution in [0.15, 0.2) is 30.1 Å². The maximum Gasteiger partial charge on any atom is 0.422 e. The number of aromatic nitrogens is 1. The number of amidine groups is 1. The highest BCUT2D eigenvalue weighted by molar-refractivity contribution is 6.23. The Hall–Kier alpha value is -2.62. The Morgan fingerprint density at radius 2 is 1.96 bits per heavy atom. The number of hydrogen-bond acceptors (Lipinski definition) is 5. The van der Waals surface area contributed by atoms with Crippen LogP contribution in [0.5, 0.6) is 0 Å². The van der Waals surface area contributed by atoms with Gasteiger partial charge in [0.1, 0.15) is 5.84 Å². The zero-order chi connectivity index (χ0) is 20.9. The number of hydrogen-bond donors (Lipinski definition) is 5. The van der Waals surface area contributed by atoms with Crippen molar-refractivity contribution in [1.29, 1.82) is 5.41 Å². The molecular formula is C18H24F3N5O2. The van der Waals surface area contributed by atoms with E-state index < -0.39 is 23.4 Å². The fourth-order valence-electron chi connectivity index (χ4n) is 2.85. The SMILES string of the molecule is CC(O)(c1ccc(NC(=N)/C(=C\NC2CCCCC2)C(N)=O)cn1)C(F)(F)F. The standard InChI is InChI=1S/C18H24F3N5O2/c1-17(28,18(19,20)21)14-8-7-12(9-25-14)26-15(22)13(16(23)27)10-24-11-5-3-2-4-6-11/h7-11,24,28H,2-6H2,1H3,(H2,22,26)(H2,23,27)/b13-10+. The first-order chi connectivity index (χ1) is 13.0. The quantitative estimate of drug-likeness (QED) is 0.286. The summed E-state index contributed by atoms with van der Waals surface area (Å²) < 4.78 is 38.6. The van der Waals surface area contributed by atoms with E-state index in [-0.39, 0.29) is 23.1 Å². The fraction of sp³-hybridized carbons (Fsp3) is 0.500. The molecule has 1 aliphatic rings. The first-order valence-electron chi connectivity index (χ1n) is 8.90. The van der Waals surface area contributed by atoms with Crippen LogP contribution in [0.2, 0.25) is 0 Å². The van der Waals surface area contributed by atoms with Crippen LogP contribution in [0.3, 0.4) is 0 Å². The molecule has 1 saturated carbocycles. The molecular weight excluding hydrogens is 375 g/mol. The van der Waals surface area contributed by atoms with Gasteiger partial charge in [-0.3, -0.25) is 15.2 Å². The third kappa shape index (κ3) is 5.22. The summed E-state index contributed by atoms with van der Waals surface area (Å²) in [6, 6.07) is 2.43. The summed E-state index contributed by atoms with van der Waals surface area (Å²) in [4.78, 5) is 15.3. The molecule has 7 nitrogen and oxygen atoms in total. The maximum atomic E-state index is 12.9. The van der Waals surface area contributed by atoms with Gasteiger partial charge in [0.15, 0.2) is 5.60 Å². The summed E-state index contributed by atoms with van der Waals surface area (Å²) in [5.74, 6) is -1.13. The minimum atomic E-state index is -4.88. The second-order valence-corrected chi connectivity index (χ2v) is 6.93. The van der Waals surface area contributed by atoms with E-state index in [1.54, 1.807) is 0 Å². The molecule has 10 heteroatoms. The largest absolute Gasteiger partial charge is 0.422 e. The lowest BCUT2D eigenvalue weighted by atomic mass is 9.95. The predicted molar refractivity (Wildman–Crippen MR) is 98.5 cm³/mol. The molecule has 1 heterocycles. The van der Waals surface area contributed by atoms with E-state index in [2.05, 4.69) is 15.6 Å². The van der Waals surface area contributed by atoms with Gasteiger partial charge in [0.2, 0.25) is 0 Å². The molecule has 1 amide bonds. The molecule has 28 heavy (non-hydrogen) atoms. The molecule has 0 bridgehead atoms. The van der Waals surface area contributed by atoms with Gasteiger partial charge in [0.05, 0.1) is 23.2 Å². The Bertz CT molecular complexity index is 739. The molecule has 0 radical (unpaired) electrons. The van der Waals surface area contributed by atoms with E-state index in [4.69, 9.17) is 11.1 Å². The number of anilines is 1. The molecule has 1 fully saturated rings. The fourth-order valence-corrected chi connectivity index (χ4v) is 2.85. The molecule has 1 aromatic heterocycles. The van der Waals surface area contributed by atoms with Crippen LogP contribution in [0.4, 0.5) is 18.9 Å². The molecule has 2 rings (SSSR count). The van der Waals surface area contributed by atoms with E-state index in [0.29, 0.717) is 6.92 Å². The van der Waals surface area contributed by atoms with Gasteiger partial charge in [-0.2, -0.15) is 13.2 Å². The highest BCUT2D eigenvalue weighted by atomic mass is 19.4. The van der Waals surface area contributed by atoms with Gasteiger partial charge in [-0.1, -0.05) is 19.3 Å². The van der Waals surface area contributed by atoms with Crippen LogP contribution >= 0.6 is 0 Å². The number of aliphatic hydroxyl groups is 1. The average Bonchev–Trinajstić information content (AvgIpc) is 2.62. The van der Waals surface area contributed by atoms with Crippen molar-refractivity contribution in [2.75, 3.05) is 5.32 Å². The second kappa shape index (κ2) is 8.59. The number of carbonyl (C=O) groups is 1. The smallest absolute Gasteiger partial charge is 0.387 e. The first kappa shape index (κ1) is 21.7. The Kier molecular flexibility index (Phi) is 6.65. The van der Waals surface area contributed by atoms with Crippen molar-refractivity contribution in [3.63, 3.8) is 0 Å². The summed E-state index contributed by atoms with van der Waals surface area (Å²) in [5, 5.41) is 23.3. The van der Waals surface area contributed by atoms with Crippen molar-refractivity contribution in [1.82, 2.24) is 10.3 Å². The number of carbonyl (C=O) groups excluding carboxylic acids is 1. The molecule has 6 N–H and O–H groups in total. The summed E-state index contributed by atoms with van der Waals surface area (Å²) in [5.41, 5.74) is 1.75. The monoisotopic (exact) mass is 399 g/mol. The third-order valence-corrected chi connectivity index (χ3v) is 4.69. The van der Waals surface area contributed by atoms with Crippen molar-refractivity contribution in [2.45, 2.75) is 56.8 Å².